The Bertz CT molecular complexity index is 3370. The summed E-state index contributed by atoms with van der Waals surface area (Å²) in [6.07, 6.45) is 1.95. The summed E-state index contributed by atoms with van der Waals surface area (Å²) in [6, 6.07) is 55.3. The molecule has 0 amide bonds. The van der Waals surface area contributed by atoms with Crippen LogP contribution < -0.4 is 8.79 Å². The molecule has 0 bridgehead atoms. The topological polar surface area (TPSA) is 43.9 Å². The predicted octanol–water partition coefficient (Wildman–Crippen LogP) is 15.4. The Morgan fingerprint density at radius 3 is 1.94 bits per heavy atom. The van der Waals surface area contributed by atoms with Gasteiger partial charge in [-0.3, -0.25) is 0 Å². The number of rotatable bonds is 8. The second-order valence-corrected chi connectivity index (χ2v) is 41.2. The standard InChI is InChI=1S/C44H41GeN2O.C15H18GeN.Ir/c1-27(2)37-25-31(29-19-22-32(23-20-29)45(5,6)7)26-38(28(3)4)41(37)47-40-18-11-10-17-39(40)46-44(47)36-16-12-15-34-35-24-21-30-13-8-9-14-33(30)42(35)48-43(34)36;1-12-5-7-13(8-6-12)15-10-9-14(11-17-15)16(2,3)4;/h8-15,17-28H,1-7H3;5-7,9-11H,1-4H3;/q2*-1;/i;1D3;. The van der Waals surface area contributed by atoms with Crippen LogP contribution in [0.3, 0.4) is 0 Å². The molecule has 0 fully saturated rings. The van der Waals surface area contributed by atoms with Gasteiger partial charge in [0.05, 0.1) is 0 Å². The van der Waals surface area contributed by atoms with E-state index in [-0.39, 0.29) is 31.9 Å². The third kappa shape index (κ3) is 9.30. The smallest absolute Gasteiger partial charge is 0 e. The van der Waals surface area contributed by atoms with Crippen LogP contribution in [0.4, 0.5) is 0 Å². The van der Waals surface area contributed by atoms with E-state index in [2.05, 4.69) is 193 Å². The summed E-state index contributed by atoms with van der Waals surface area (Å²) < 4.78 is 34.1. The van der Waals surface area contributed by atoms with Crippen molar-refractivity contribution >= 4 is 79.1 Å². The fraction of sp³-hybridized carbons (Fsp3) is 0.220. The minimum atomic E-state index is -2.08. The molecule has 3 aromatic heterocycles. The molecule has 7 heteroatoms. The van der Waals surface area contributed by atoms with E-state index in [4.69, 9.17) is 13.5 Å². The second kappa shape index (κ2) is 18.9. The molecule has 335 valence electrons. The van der Waals surface area contributed by atoms with Gasteiger partial charge in [-0.1, -0.05) is 47.9 Å². The minimum absolute atomic E-state index is 0. The summed E-state index contributed by atoms with van der Waals surface area (Å²) in [5.74, 6) is 15.8. The van der Waals surface area contributed by atoms with Crippen molar-refractivity contribution in [2.45, 2.75) is 80.9 Å². The van der Waals surface area contributed by atoms with Crippen LogP contribution in [0.1, 0.15) is 60.3 Å². The van der Waals surface area contributed by atoms with E-state index in [1.54, 1.807) is 12.1 Å². The molecular formula is C59H59Ge2IrN3O-2. The quantitative estimate of drug-likeness (QED) is 0.112. The van der Waals surface area contributed by atoms with Crippen molar-refractivity contribution in [3.8, 4) is 39.5 Å². The number of hydrogen-bond donors (Lipinski definition) is 0. The predicted molar refractivity (Wildman–Crippen MR) is 283 cm³/mol. The molecule has 0 unspecified atom stereocenters. The first kappa shape index (κ1) is 43.5. The number of nitrogens with zero attached hydrogens (tertiary/aromatic N) is 3. The van der Waals surface area contributed by atoms with Crippen molar-refractivity contribution in [2.24, 2.45) is 0 Å². The number of pyridine rings is 1. The Morgan fingerprint density at radius 1 is 0.636 bits per heavy atom. The first-order valence-corrected chi connectivity index (χ1v) is 37.5. The first-order chi connectivity index (χ1) is 32.3. The van der Waals surface area contributed by atoms with Crippen LogP contribution in [0.15, 0.2) is 150 Å². The van der Waals surface area contributed by atoms with Crippen LogP contribution >= 0.6 is 0 Å². The number of aryl methyl sites for hydroxylation is 1. The van der Waals surface area contributed by atoms with Gasteiger partial charge < -0.3 is 4.42 Å². The molecule has 0 aliphatic carbocycles. The maximum atomic E-state index is 7.35. The molecule has 0 N–H and O–H groups in total. The van der Waals surface area contributed by atoms with Crippen LogP contribution in [-0.2, 0) is 20.1 Å². The van der Waals surface area contributed by atoms with Crippen molar-refractivity contribution in [2.75, 3.05) is 0 Å². The maximum absolute atomic E-state index is 7.35. The van der Waals surface area contributed by atoms with Gasteiger partial charge in [-0.25, -0.2) is 0 Å². The average Bonchev–Trinajstić information content (AvgIpc) is 3.90. The minimum Gasteiger partial charge on any atom is 0 e. The SMILES string of the molecule is CC(C)c1cc(-c2cc[c]([Ge]([CH3])([CH3])[CH3])cc2)cc(C(C)C)c1-n1c(-c2[c-]ccc3c2oc2c4ccccc4ccc32)nc2ccccc21.[2H]C([2H])([2H])c1c[c-]c(-c2cc[c]([Ge]([CH3])([CH3])[CH3])cn2)cc1.[Ir]. The van der Waals surface area contributed by atoms with Crippen LogP contribution in [0.2, 0.25) is 34.5 Å². The molecule has 66 heavy (non-hydrogen) atoms. The summed E-state index contributed by atoms with van der Waals surface area (Å²) in [7, 11) is 0. The van der Waals surface area contributed by atoms with Crippen molar-refractivity contribution in [1.82, 2.24) is 14.5 Å². The number of furan rings is 1. The third-order valence-electron chi connectivity index (χ3n) is 12.5. The van der Waals surface area contributed by atoms with Gasteiger partial charge in [0.2, 0.25) is 0 Å². The summed E-state index contributed by atoms with van der Waals surface area (Å²) in [6.45, 7) is 7.14. The molecule has 0 saturated carbocycles. The van der Waals surface area contributed by atoms with E-state index in [1.807, 2.05) is 18.3 Å². The van der Waals surface area contributed by atoms with E-state index >= 15 is 0 Å². The van der Waals surface area contributed by atoms with Crippen LogP contribution in [-0.4, -0.2) is 41.1 Å². The van der Waals surface area contributed by atoms with E-state index in [0.29, 0.717) is 5.56 Å². The van der Waals surface area contributed by atoms with E-state index in [1.165, 1.54) is 48.2 Å². The molecule has 0 saturated heterocycles. The number of fused-ring (bicyclic) bond motifs is 6. The zero-order valence-corrected chi connectivity index (χ0v) is 46.2. The Morgan fingerprint density at radius 2 is 1.30 bits per heavy atom. The molecular weight excluding hydrogens is 1100 g/mol. The first-order valence-electron chi connectivity index (χ1n) is 24.3. The second-order valence-electron chi connectivity index (χ2n) is 19.9. The average molecular weight is 1170 g/mol. The van der Waals surface area contributed by atoms with Gasteiger partial charge >= 0.3 is 311 Å². The van der Waals surface area contributed by atoms with E-state index in [9.17, 15) is 0 Å². The number of imidazole rings is 1. The molecule has 0 aliphatic rings. The number of hydrogen-bond acceptors (Lipinski definition) is 3. The van der Waals surface area contributed by atoms with Gasteiger partial charge in [-0.2, -0.15) is 0 Å². The molecule has 1 radical (unpaired) electrons. The van der Waals surface area contributed by atoms with E-state index in [0.717, 1.165) is 61.0 Å². The zero-order valence-electron chi connectivity index (χ0n) is 42.6. The number of benzene rings is 7. The maximum Gasteiger partial charge on any atom is 0 e. The molecule has 10 rings (SSSR count). The van der Waals surface area contributed by atoms with Crippen LogP contribution in [0.5, 0.6) is 0 Å². The van der Waals surface area contributed by atoms with E-state index < -0.39 is 33.4 Å². The molecule has 0 aliphatic heterocycles. The summed E-state index contributed by atoms with van der Waals surface area (Å²) in [5.41, 5.74) is 13.0. The number of para-hydroxylation sites is 2. The Balaban J connectivity index is 0.000000257. The summed E-state index contributed by atoms with van der Waals surface area (Å²) in [4.78, 5) is 9.82. The fourth-order valence-corrected chi connectivity index (χ4v) is 13.4. The van der Waals surface area contributed by atoms with Crippen LogP contribution in [0.25, 0.3) is 83.2 Å². The number of aromatic nitrogens is 3. The Kier molecular flexibility index (Phi) is 12.5. The van der Waals surface area contributed by atoms with Gasteiger partial charge in [-0.05, 0) is 5.39 Å². The monoisotopic (exact) mass is 1170 g/mol. The fourth-order valence-electron chi connectivity index (χ4n) is 8.78. The largest absolute Gasteiger partial charge is 0 e. The van der Waals surface area contributed by atoms with Gasteiger partial charge in [0, 0.05) is 30.9 Å². The summed E-state index contributed by atoms with van der Waals surface area (Å²) in [5, 5.41) is 4.47. The van der Waals surface area contributed by atoms with Gasteiger partial charge in [0.15, 0.2) is 0 Å². The van der Waals surface area contributed by atoms with Crippen molar-refractivity contribution in [1.29, 1.82) is 0 Å². The zero-order chi connectivity index (χ0) is 48.3. The van der Waals surface area contributed by atoms with Gasteiger partial charge in [-0.15, -0.1) is 12.1 Å². The Hall–Kier alpha value is -5.04. The van der Waals surface area contributed by atoms with Crippen molar-refractivity contribution in [3.63, 3.8) is 0 Å². The molecule has 4 nitrogen and oxygen atoms in total. The van der Waals surface area contributed by atoms with Gasteiger partial charge in [0.25, 0.3) is 0 Å². The molecule has 7 aromatic carbocycles. The normalized spacial score (nSPS) is 12.9. The molecule has 3 heterocycles. The Labute approximate surface area is 414 Å². The molecule has 10 aromatic rings. The van der Waals surface area contributed by atoms with Crippen LogP contribution in [0, 0.1) is 19.0 Å². The van der Waals surface area contributed by atoms with Gasteiger partial charge in [0.1, 0.15) is 5.58 Å². The molecule has 0 spiro atoms. The third-order valence-corrected chi connectivity index (χ3v) is 21.1. The molecule has 0 atom stereocenters. The summed E-state index contributed by atoms with van der Waals surface area (Å²) >= 11 is -3.75. The van der Waals surface area contributed by atoms with Crippen molar-refractivity contribution < 1.29 is 28.6 Å². The van der Waals surface area contributed by atoms with Crippen molar-refractivity contribution in [3.05, 3.63) is 175 Å².